The molecule has 0 aromatic carbocycles. The van der Waals surface area contributed by atoms with Gasteiger partial charge in [0, 0.05) is 42.1 Å². The molecule has 2 aromatic rings. The van der Waals surface area contributed by atoms with Gasteiger partial charge in [-0.05, 0) is 41.3 Å². The van der Waals surface area contributed by atoms with Crippen LogP contribution in [0.4, 0.5) is 0 Å². The Morgan fingerprint density at radius 1 is 1.35 bits per heavy atom. The Hall–Kier alpha value is -1.16. The summed E-state index contributed by atoms with van der Waals surface area (Å²) in [5.74, 6) is 5.68. The molecule has 0 aliphatic carbocycles. The summed E-state index contributed by atoms with van der Waals surface area (Å²) >= 11 is 3.48. The summed E-state index contributed by atoms with van der Waals surface area (Å²) in [6, 6.07) is 4.32. The lowest BCUT2D eigenvalue weighted by molar-refractivity contribution is 0.0683. The molecule has 1 fully saturated rings. The predicted octanol–water partition coefficient (Wildman–Crippen LogP) is 3.33. The zero-order valence-electron chi connectivity index (χ0n) is 13.0. The van der Waals surface area contributed by atoms with Gasteiger partial charge in [-0.1, -0.05) is 11.8 Å². The molecule has 1 aliphatic heterocycles. The van der Waals surface area contributed by atoms with E-state index < -0.39 is 0 Å². The van der Waals surface area contributed by atoms with E-state index in [0.717, 1.165) is 38.2 Å². The van der Waals surface area contributed by atoms with Gasteiger partial charge in [-0.3, -0.25) is 4.90 Å². The molecule has 3 nitrogen and oxygen atoms in total. The average molecular weight is 348 g/mol. The molecule has 3 rings (SSSR count). The third-order valence-corrected chi connectivity index (χ3v) is 5.47. The highest BCUT2D eigenvalue weighted by Crippen LogP contribution is 2.21. The maximum absolute atomic E-state index is 8.79. The van der Waals surface area contributed by atoms with Crippen molar-refractivity contribution >= 4 is 22.7 Å². The van der Waals surface area contributed by atoms with Gasteiger partial charge in [-0.2, -0.15) is 11.3 Å². The summed E-state index contributed by atoms with van der Waals surface area (Å²) in [6.45, 7) is 3.66. The summed E-state index contributed by atoms with van der Waals surface area (Å²) < 4.78 is 5.81. The number of aliphatic hydroxyl groups is 1. The molecule has 3 heterocycles. The summed E-state index contributed by atoms with van der Waals surface area (Å²) in [5, 5.41) is 15.2. The van der Waals surface area contributed by atoms with Crippen LogP contribution in [0.5, 0.6) is 0 Å². The molecule has 23 heavy (non-hydrogen) atoms. The summed E-state index contributed by atoms with van der Waals surface area (Å²) in [5.41, 5.74) is 2.36. The summed E-state index contributed by atoms with van der Waals surface area (Å²) in [7, 11) is 0. The summed E-state index contributed by atoms with van der Waals surface area (Å²) in [6.07, 6.45) is 2.71. The van der Waals surface area contributed by atoms with Crippen molar-refractivity contribution in [3.63, 3.8) is 0 Å². The predicted molar refractivity (Wildman–Crippen MR) is 95.7 cm³/mol. The first-order chi connectivity index (χ1) is 11.3. The molecule has 5 heteroatoms. The number of hydrogen-bond donors (Lipinski definition) is 1. The van der Waals surface area contributed by atoms with E-state index in [-0.39, 0.29) is 6.61 Å². The van der Waals surface area contributed by atoms with E-state index in [1.165, 1.54) is 16.9 Å². The van der Waals surface area contributed by atoms with E-state index >= 15 is 0 Å². The highest BCUT2D eigenvalue weighted by Gasteiger charge is 2.20. The topological polar surface area (TPSA) is 32.7 Å². The van der Waals surface area contributed by atoms with Crippen LogP contribution in [0.25, 0.3) is 0 Å². The standard InChI is InChI=1S/C18H21NO2S2/c20-6-1-3-15-9-18(23-14-15)12-19(10-16-5-8-22-13-16)11-17-4-2-7-21-17/h5,8-9,13-14,17,20H,2,4,6-7,10-12H2/t17-/m0/s1. The molecule has 0 spiro atoms. The van der Waals surface area contributed by atoms with Gasteiger partial charge < -0.3 is 9.84 Å². The van der Waals surface area contributed by atoms with Crippen LogP contribution in [0.15, 0.2) is 28.3 Å². The van der Waals surface area contributed by atoms with Crippen LogP contribution in [-0.2, 0) is 17.8 Å². The van der Waals surface area contributed by atoms with Crippen molar-refractivity contribution in [3.8, 4) is 11.8 Å². The molecular formula is C18H21NO2S2. The van der Waals surface area contributed by atoms with E-state index in [1.54, 1.807) is 22.7 Å². The first-order valence-corrected chi connectivity index (χ1v) is 9.68. The Balaban J connectivity index is 1.65. The van der Waals surface area contributed by atoms with Crippen LogP contribution < -0.4 is 0 Å². The second-order valence-corrected chi connectivity index (χ2v) is 7.47. The fourth-order valence-electron chi connectivity index (χ4n) is 2.79. The van der Waals surface area contributed by atoms with Gasteiger partial charge in [-0.15, -0.1) is 11.3 Å². The lowest BCUT2D eigenvalue weighted by atomic mass is 10.2. The van der Waals surface area contributed by atoms with Crippen molar-refractivity contribution < 1.29 is 9.84 Å². The van der Waals surface area contributed by atoms with Crippen LogP contribution in [0, 0.1) is 11.8 Å². The third kappa shape index (κ3) is 5.17. The summed E-state index contributed by atoms with van der Waals surface area (Å²) in [4.78, 5) is 3.77. The normalized spacial score (nSPS) is 17.4. The fourth-order valence-corrected chi connectivity index (χ4v) is 4.31. The lowest BCUT2D eigenvalue weighted by Crippen LogP contribution is -2.31. The second kappa shape index (κ2) is 8.62. The van der Waals surface area contributed by atoms with E-state index in [9.17, 15) is 0 Å². The Morgan fingerprint density at radius 2 is 2.30 bits per heavy atom. The molecule has 0 bridgehead atoms. The van der Waals surface area contributed by atoms with Crippen molar-refractivity contribution in [1.29, 1.82) is 0 Å². The monoisotopic (exact) mass is 347 g/mol. The van der Waals surface area contributed by atoms with Gasteiger partial charge in [0.1, 0.15) is 6.61 Å². The number of nitrogens with zero attached hydrogens (tertiary/aromatic N) is 1. The molecule has 0 saturated carbocycles. The number of ether oxygens (including phenoxy) is 1. The minimum atomic E-state index is -0.0888. The molecule has 122 valence electrons. The Morgan fingerprint density at radius 3 is 3.04 bits per heavy atom. The van der Waals surface area contributed by atoms with Crippen molar-refractivity contribution in [2.75, 3.05) is 19.8 Å². The minimum Gasteiger partial charge on any atom is -0.384 e. The van der Waals surface area contributed by atoms with Gasteiger partial charge in [-0.25, -0.2) is 0 Å². The van der Waals surface area contributed by atoms with E-state index in [2.05, 4.69) is 45.0 Å². The van der Waals surface area contributed by atoms with Crippen LogP contribution in [0.3, 0.4) is 0 Å². The molecule has 1 aliphatic rings. The molecule has 1 N–H and O–H groups in total. The quantitative estimate of drug-likeness (QED) is 0.814. The van der Waals surface area contributed by atoms with E-state index in [4.69, 9.17) is 9.84 Å². The largest absolute Gasteiger partial charge is 0.384 e. The lowest BCUT2D eigenvalue weighted by Gasteiger charge is -2.24. The minimum absolute atomic E-state index is 0.0888. The van der Waals surface area contributed by atoms with Crippen molar-refractivity contribution in [2.24, 2.45) is 0 Å². The first kappa shape index (κ1) is 16.7. The Kier molecular flexibility index (Phi) is 6.26. The molecule has 0 unspecified atom stereocenters. The average Bonchev–Trinajstić information content (AvgIpc) is 3.28. The molecular weight excluding hydrogens is 326 g/mol. The molecule has 0 amide bonds. The zero-order valence-corrected chi connectivity index (χ0v) is 14.7. The van der Waals surface area contributed by atoms with Crippen molar-refractivity contribution in [3.05, 3.63) is 44.3 Å². The van der Waals surface area contributed by atoms with Crippen LogP contribution in [0.2, 0.25) is 0 Å². The fraction of sp³-hybridized carbons (Fsp3) is 0.444. The van der Waals surface area contributed by atoms with Crippen molar-refractivity contribution in [2.45, 2.75) is 32.0 Å². The smallest absolute Gasteiger partial charge is 0.104 e. The van der Waals surface area contributed by atoms with E-state index in [0.29, 0.717) is 6.10 Å². The number of rotatable bonds is 6. The maximum Gasteiger partial charge on any atom is 0.104 e. The third-order valence-electron chi connectivity index (χ3n) is 3.82. The van der Waals surface area contributed by atoms with Gasteiger partial charge in [0.05, 0.1) is 6.10 Å². The number of aliphatic hydroxyl groups excluding tert-OH is 1. The zero-order chi connectivity index (χ0) is 15.9. The Bertz CT molecular complexity index is 648. The van der Waals surface area contributed by atoms with Gasteiger partial charge in [0.15, 0.2) is 0 Å². The maximum atomic E-state index is 8.79. The Labute approximate surface area is 145 Å². The van der Waals surface area contributed by atoms with Gasteiger partial charge in [0.2, 0.25) is 0 Å². The second-order valence-electron chi connectivity index (χ2n) is 5.70. The number of hydrogen-bond acceptors (Lipinski definition) is 5. The molecule has 1 atom stereocenters. The molecule has 2 aromatic heterocycles. The SMILES string of the molecule is OCC#Cc1csc(CN(Cc2ccsc2)C[C@@H]2CCCO2)c1. The highest BCUT2D eigenvalue weighted by molar-refractivity contribution is 7.10. The van der Waals surface area contributed by atoms with E-state index in [1.807, 2.05) is 0 Å². The highest BCUT2D eigenvalue weighted by atomic mass is 32.1. The first-order valence-electron chi connectivity index (χ1n) is 7.85. The van der Waals surface area contributed by atoms with Crippen LogP contribution in [-0.4, -0.2) is 35.9 Å². The molecule has 0 radical (unpaired) electrons. The van der Waals surface area contributed by atoms with Crippen LogP contribution >= 0.6 is 22.7 Å². The van der Waals surface area contributed by atoms with Crippen molar-refractivity contribution in [1.82, 2.24) is 4.90 Å². The molecule has 1 saturated heterocycles. The van der Waals surface area contributed by atoms with Crippen LogP contribution in [0.1, 0.15) is 28.8 Å². The van der Waals surface area contributed by atoms with Gasteiger partial charge >= 0.3 is 0 Å². The van der Waals surface area contributed by atoms with Gasteiger partial charge in [0.25, 0.3) is 0 Å². The number of thiophene rings is 2.